The Labute approximate surface area is 126 Å². The van der Waals surface area contributed by atoms with Crippen molar-refractivity contribution in [3.05, 3.63) is 54.2 Å². The maximum absolute atomic E-state index is 4.32. The average molecular weight is 282 g/mol. The van der Waals surface area contributed by atoms with Crippen LogP contribution < -0.4 is 10.2 Å². The van der Waals surface area contributed by atoms with E-state index in [9.17, 15) is 0 Å². The number of hydrogen-bond acceptors (Lipinski definition) is 4. The molecule has 0 spiro atoms. The van der Waals surface area contributed by atoms with E-state index in [1.807, 2.05) is 13.2 Å². The van der Waals surface area contributed by atoms with Gasteiger partial charge < -0.3 is 15.1 Å². The van der Waals surface area contributed by atoms with E-state index in [-0.39, 0.29) is 0 Å². The van der Waals surface area contributed by atoms with E-state index in [0.717, 1.165) is 25.5 Å². The van der Waals surface area contributed by atoms with Gasteiger partial charge in [-0.1, -0.05) is 30.3 Å². The van der Waals surface area contributed by atoms with Crippen LogP contribution in [-0.2, 0) is 0 Å². The normalized spacial score (nSPS) is 19.5. The summed E-state index contributed by atoms with van der Waals surface area (Å²) in [5.41, 5.74) is 2.60. The first-order valence-electron chi connectivity index (χ1n) is 7.42. The Morgan fingerprint density at radius 2 is 1.95 bits per heavy atom. The molecule has 1 saturated heterocycles. The molecule has 1 unspecified atom stereocenters. The lowest BCUT2D eigenvalue weighted by molar-refractivity contribution is 0.269. The molecule has 0 aliphatic carbocycles. The van der Waals surface area contributed by atoms with Gasteiger partial charge in [0.2, 0.25) is 0 Å². The van der Waals surface area contributed by atoms with Crippen LogP contribution in [0.2, 0.25) is 0 Å². The van der Waals surface area contributed by atoms with E-state index in [2.05, 4.69) is 69.6 Å². The van der Waals surface area contributed by atoms with Gasteiger partial charge in [0.15, 0.2) is 0 Å². The summed E-state index contributed by atoms with van der Waals surface area (Å²) >= 11 is 0. The molecule has 0 saturated carbocycles. The molecule has 21 heavy (non-hydrogen) atoms. The third-order valence-corrected chi connectivity index (χ3v) is 4.10. The molecule has 1 aliphatic heterocycles. The van der Waals surface area contributed by atoms with Gasteiger partial charge in [-0.05, 0) is 18.7 Å². The highest BCUT2D eigenvalue weighted by Gasteiger charge is 2.26. The molecule has 1 aromatic carbocycles. The number of rotatable bonds is 3. The zero-order valence-corrected chi connectivity index (χ0v) is 12.7. The number of piperazine rings is 1. The Bertz CT molecular complexity index is 584. The molecule has 0 amide bonds. The first kappa shape index (κ1) is 13.9. The lowest BCUT2D eigenvalue weighted by Crippen LogP contribution is -2.46. The van der Waals surface area contributed by atoms with Crippen molar-refractivity contribution in [2.24, 2.45) is 0 Å². The predicted octanol–water partition coefficient (Wildman–Crippen LogP) is 2.62. The standard InChI is InChI=1S/C17H22N4/c1-18-17-12-15(8-9-19-17)21-11-10-20(2)13-16(21)14-6-4-3-5-7-14/h3-9,12,16H,10-11,13H2,1-2H3,(H,18,19). The Morgan fingerprint density at radius 3 is 2.71 bits per heavy atom. The molecular weight excluding hydrogens is 260 g/mol. The summed E-state index contributed by atoms with van der Waals surface area (Å²) in [7, 11) is 4.10. The number of nitrogens with one attached hydrogen (secondary N) is 1. The van der Waals surface area contributed by atoms with Gasteiger partial charge in [-0.25, -0.2) is 4.98 Å². The second-order valence-electron chi connectivity index (χ2n) is 5.53. The Kier molecular flexibility index (Phi) is 4.06. The monoisotopic (exact) mass is 282 g/mol. The summed E-state index contributed by atoms with van der Waals surface area (Å²) < 4.78 is 0. The fraction of sp³-hybridized carbons (Fsp3) is 0.353. The molecule has 0 radical (unpaired) electrons. The number of aromatic nitrogens is 1. The smallest absolute Gasteiger partial charge is 0.127 e. The second-order valence-corrected chi connectivity index (χ2v) is 5.53. The largest absolute Gasteiger partial charge is 0.373 e. The van der Waals surface area contributed by atoms with Crippen molar-refractivity contribution < 1.29 is 0 Å². The van der Waals surface area contributed by atoms with Gasteiger partial charge in [-0.15, -0.1) is 0 Å². The van der Waals surface area contributed by atoms with Crippen molar-refractivity contribution in [3.63, 3.8) is 0 Å². The van der Waals surface area contributed by atoms with E-state index in [4.69, 9.17) is 0 Å². The maximum atomic E-state index is 4.32. The minimum Gasteiger partial charge on any atom is -0.373 e. The number of pyridine rings is 1. The molecular formula is C17H22N4. The van der Waals surface area contributed by atoms with Gasteiger partial charge in [-0.3, -0.25) is 0 Å². The molecule has 1 N–H and O–H groups in total. The highest BCUT2D eigenvalue weighted by molar-refractivity contribution is 5.55. The van der Waals surface area contributed by atoms with Crippen LogP contribution in [0.25, 0.3) is 0 Å². The third kappa shape index (κ3) is 3.00. The van der Waals surface area contributed by atoms with Crippen LogP contribution in [0.4, 0.5) is 11.5 Å². The van der Waals surface area contributed by atoms with Crippen LogP contribution in [0.5, 0.6) is 0 Å². The lowest BCUT2D eigenvalue weighted by Gasteiger charge is -2.42. The fourth-order valence-electron chi connectivity index (χ4n) is 2.92. The number of anilines is 2. The Morgan fingerprint density at radius 1 is 1.14 bits per heavy atom. The Balaban J connectivity index is 1.94. The average Bonchev–Trinajstić information content (AvgIpc) is 2.55. The van der Waals surface area contributed by atoms with Gasteiger partial charge in [-0.2, -0.15) is 0 Å². The van der Waals surface area contributed by atoms with Crippen molar-refractivity contribution in [2.75, 3.05) is 43.9 Å². The summed E-state index contributed by atoms with van der Waals surface area (Å²) in [6.07, 6.45) is 1.88. The predicted molar refractivity (Wildman–Crippen MR) is 87.8 cm³/mol. The highest BCUT2D eigenvalue weighted by Crippen LogP contribution is 2.30. The first-order valence-corrected chi connectivity index (χ1v) is 7.42. The second kappa shape index (κ2) is 6.14. The van der Waals surface area contributed by atoms with Crippen LogP contribution in [-0.4, -0.2) is 43.6 Å². The van der Waals surface area contributed by atoms with E-state index >= 15 is 0 Å². The topological polar surface area (TPSA) is 31.4 Å². The number of hydrogen-bond donors (Lipinski definition) is 1. The molecule has 4 heteroatoms. The van der Waals surface area contributed by atoms with Crippen molar-refractivity contribution in [1.29, 1.82) is 0 Å². The molecule has 0 bridgehead atoms. The van der Waals surface area contributed by atoms with Crippen LogP contribution in [0, 0.1) is 0 Å². The summed E-state index contributed by atoms with van der Waals surface area (Å²) in [6.45, 7) is 3.16. The van der Waals surface area contributed by atoms with Crippen molar-refractivity contribution in [1.82, 2.24) is 9.88 Å². The zero-order valence-electron chi connectivity index (χ0n) is 12.7. The molecule has 1 fully saturated rings. The van der Waals surface area contributed by atoms with Gasteiger partial charge in [0.1, 0.15) is 5.82 Å². The summed E-state index contributed by atoms with van der Waals surface area (Å²) in [4.78, 5) is 9.20. The van der Waals surface area contributed by atoms with Gasteiger partial charge in [0.25, 0.3) is 0 Å². The number of nitrogens with zero attached hydrogens (tertiary/aromatic N) is 3. The maximum Gasteiger partial charge on any atom is 0.127 e. The van der Waals surface area contributed by atoms with Crippen LogP contribution >= 0.6 is 0 Å². The summed E-state index contributed by atoms with van der Waals surface area (Å²) in [5.74, 6) is 0.915. The van der Waals surface area contributed by atoms with Gasteiger partial charge in [0, 0.05) is 44.6 Å². The Hall–Kier alpha value is -2.07. The quantitative estimate of drug-likeness (QED) is 0.937. The number of benzene rings is 1. The molecule has 2 heterocycles. The molecule has 4 nitrogen and oxygen atoms in total. The lowest BCUT2D eigenvalue weighted by atomic mass is 10.0. The minimum absolute atomic E-state index is 0.386. The molecule has 3 rings (SSSR count). The van der Waals surface area contributed by atoms with E-state index in [1.165, 1.54) is 11.3 Å². The van der Waals surface area contributed by atoms with Gasteiger partial charge >= 0.3 is 0 Å². The van der Waals surface area contributed by atoms with Crippen LogP contribution in [0.15, 0.2) is 48.7 Å². The highest BCUT2D eigenvalue weighted by atomic mass is 15.3. The zero-order chi connectivity index (χ0) is 14.7. The molecule has 1 aliphatic rings. The first-order chi connectivity index (χ1) is 10.3. The van der Waals surface area contributed by atoms with E-state index in [0.29, 0.717) is 6.04 Å². The van der Waals surface area contributed by atoms with Crippen LogP contribution in [0.3, 0.4) is 0 Å². The van der Waals surface area contributed by atoms with E-state index in [1.54, 1.807) is 0 Å². The molecule has 2 aromatic rings. The summed E-state index contributed by atoms with van der Waals surface area (Å²) in [5, 5.41) is 3.12. The van der Waals surface area contributed by atoms with Gasteiger partial charge in [0.05, 0.1) is 6.04 Å². The van der Waals surface area contributed by atoms with Crippen molar-refractivity contribution in [2.45, 2.75) is 6.04 Å². The van der Waals surface area contributed by atoms with Crippen molar-refractivity contribution in [3.8, 4) is 0 Å². The number of likely N-dealkylation sites (N-methyl/N-ethyl adjacent to an activating group) is 1. The molecule has 1 aromatic heterocycles. The SMILES string of the molecule is CNc1cc(N2CCN(C)CC2c2ccccc2)ccn1. The third-order valence-electron chi connectivity index (χ3n) is 4.10. The molecule has 110 valence electrons. The van der Waals surface area contributed by atoms with E-state index < -0.39 is 0 Å². The van der Waals surface area contributed by atoms with Crippen LogP contribution in [0.1, 0.15) is 11.6 Å². The fourth-order valence-corrected chi connectivity index (χ4v) is 2.92. The minimum atomic E-state index is 0.386. The summed E-state index contributed by atoms with van der Waals surface area (Å²) in [6, 6.07) is 15.4. The van der Waals surface area contributed by atoms with Crippen molar-refractivity contribution >= 4 is 11.5 Å². The molecule has 1 atom stereocenters.